The summed E-state index contributed by atoms with van der Waals surface area (Å²) < 4.78 is 91.2. The number of aliphatic carboxylic acids is 1. The second-order valence-corrected chi connectivity index (χ2v) is 22.4. The number of carbonyl (C=O) groups is 6. The van der Waals surface area contributed by atoms with Crippen molar-refractivity contribution in [3.63, 3.8) is 0 Å². The van der Waals surface area contributed by atoms with Gasteiger partial charge in [0.1, 0.15) is 55.0 Å². The molecule has 0 unspecified atom stereocenters. The van der Waals surface area contributed by atoms with Crippen LogP contribution in [0.4, 0.5) is 10.5 Å². The Kier molecular flexibility index (Phi) is 28.0. The normalized spacial score (nSPS) is 31.0. The van der Waals surface area contributed by atoms with Crippen LogP contribution in [0.15, 0.2) is 54.2 Å². The molecule has 2 bridgehead atoms. The lowest BCUT2D eigenvalue weighted by Crippen LogP contribution is -2.67. The Morgan fingerprint density at radius 1 is 0.730 bits per heavy atom. The van der Waals surface area contributed by atoms with Crippen molar-refractivity contribution in [3.05, 3.63) is 59.7 Å². The van der Waals surface area contributed by atoms with Gasteiger partial charge in [-0.3, -0.25) is 4.79 Å². The summed E-state index contributed by atoms with van der Waals surface area (Å²) in [5.74, 6) is -5.32. The maximum absolute atomic E-state index is 14.5. The lowest BCUT2D eigenvalue weighted by atomic mass is 9.51. The van der Waals surface area contributed by atoms with Crippen LogP contribution in [0.3, 0.4) is 0 Å². The van der Waals surface area contributed by atoms with E-state index in [2.05, 4.69) is 10.6 Å². The lowest BCUT2D eigenvalue weighted by Gasteiger charge is -2.58. The highest BCUT2D eigenvalue weighted by atomic mass is 16.7. The zero-order chi connectivity index (χ0) is 63.8. The molecule has 498 valence electrons. The first-order valence-electron chi connectivity index (χ1n) is 30.1. The molecular weight excluding hydrogens is 1180 g/mol. The Morgan fingerprint density at radius 2 is 1.31 bits per heavy atom. The van der Waals surface area contributed by atoms with Crippen molar-refractivity contribution in [2.75, 3.05) is 137 Å². The van der Waals surface area contributed by atoms with Gasteiger partial charge in [-0.1, -0.05) is 43.7 Å². The maximum atomic E-state index is 14.5. The third kappa shape index (κ3) is 19.4. The van der Waals surface area contributed by atoms with E-state index < -0.39 is 120 Å². The van der Waals surface area contributed by atoms with Crippen molar-refractivity contribution in [1.82, 2.24) is 5.32 Å². The molecule has 2 spiro atoms. The molecule has 89 heavy (non-hydrogen) atoms. The quantitative estimate of drug-likeness (QED) is 0.0168. The number of nitrogens with two attached hydrogens (primary N) is 1. The Balaban J connectivity index is 0.898. The Labute approximate surface area is 515 Å². The van der Waals surface area contributed by atoms with E-state index >= 15 is 0 Å². The highest BCUT2D eigenvalue weighted by Crippen LogP contribution is 2.72. The molecule has 0 radical (unpaired) electrons. The molecule has 4 heterocycles. The summed E-state index contributed by atoms with van der Waals surface area (Å²) in [7, 11) is 0. The van der Waals surface area contributed by atoms with E-state index in [0.29, 0.717) is 112 Å². The second-order valence-electron chi connectivity index (χ2n) is 22.4. The number of ether oxygens (including phenoxy) is 16. The summed E-state index contributed by atoms with van der Waals surface area (Å²) in [5, 5.41) is 46.4. The number of aliphatic hydroxyl groups excluding tert-OH is 3. The molecule has 2 aliphatic carbocycles. The van der Waals surface area contributed by atoms with Crippen LogP contribution in [0.2, 0.25) is 0 Å². The van der Waals surface area contributed by atoms with Gasteiger partial charge in [-0.05, 0) is 49.8 Å². The topological polar surface area (TPSA) is 384 Å². The van der Waals surface area contributed by atoms with E-state index in [-0.39, 0.29) is 69.5 Å². The Bertz CT molecular complexity index is 2570. The van der Waals surface area contributed by atoms with E-state index in [1.807, 2.05) is 19.9 Å². The summed E-state index contributed by atoms with van der Waals surface area (Å²) in [5.41, 5.74) is 3.98. The van der Waals surface area contributed by atoms with E-state index in [0.717, 1.165) is 11.6 Å². The first-order chi connectivity index (χ1) is 42.9. The molecule has 29 nitrogen and oxygen atoms in total. The molecule has 8 N–H and O–H groups in total. The smallest absolute Gasteiger partial charge is 0.408 e. The zero-order valence-electron chi connectivity index (χ0n) is 50.6. The monoisotopic (exact) mass is 1270 g/mol. The SMILES string of the molecule is CC1=C[C@H]2O[C@@H]3C[C@H]4OC(=O)/C=C\C=C\C(=O)OCC[C@@H](C)[C@@H](NC(=O)OCc5ccc(O[C@@H]6O[C@H](C(=O)O)[C@@H](O)[C@H](O)[C@H]6O)c(NC(=O)CCOCCOCCOCCOCCOCCOCCOCCOCCN)c5)C(=O)OC[C@@]2(CC1)[C@]4(C)[C@]31CO1. The van der Waals surface area contributed by atoms with Crippen molar-refractivity contribution >= 4 is 41.6 Å². The number of alkyl carbamates (subject to hydrolysis) is 1. The number of hydrogen-bond acceptors (Lipinski definition) is 26. The number of allylic oxidation sites excluding steroid dienone is 3. The number of aliphatic hydroxyl groups is 3. The maximum Gasteiger partial charge on any atom is 0.408 e. The summed E-state index contributed by atoms with van der Waals surface area (Å²) in [6.07, 6.45) is -4.06. The Morgan fingerprint density at radius 3 is 1.90 bits per heavy atom. The fourth-order valence-electron chi connectivity index (χ4n) is 11.4. The molecule has 1 aromatic carbocycles. The number of rotatable bonds is 33. The van der Waals surface area contributed by atoms with E-state index in [1.165, 1.54) is 36.4 Å². The standard InChI is InChI=1S/C60H87N3O26/c1-38-10-13-59-36-84-55(72)49(39(2)11-16-82-47(65)6-4-5-7-48(66)88-43-34-45(87-44(59)32-38)60(37-85-60)58(43,59)3)63-57(73)83-35-40-8-9-42(86-56-52(69)50(67)51(68)53(89-56)54(70)71)41(33-40)62-46(64)12-15-74-18-20-76-22-24-78-26-28-80-30-31-81-29-27-79-25-23-77-21-19-75-17-14-61/h4-9,32-33,39,43-45,49-53,56,67-69H,10-31,34-37,61H2,1-3H3,(H,62,64)(H,63,73)(H,70,71)/b6-4+,7-5-/t39-,43-,44-,45-,49-,50+,51+,52-,53+,56-,58-,59-,60+/m1/s1. The molecule has 1 saturated carbocycles. The minimum atomic E-state index is -2.01. The van der Waals surface area contributed by atoms with Crippen molar-refractivity contribution in [1.29, 1.82) is 0 Å². The average Bonchev–Trinajstić information content (AvgIpc) is 1.50. The molecule has 29 heteroatoms. The van der Waals surface area contributed by atoms with Gasteiger partial charge in [-0.2, -0.15) is 0 Å². The highest BCUT2D eigenvalue weighted by Gasteiger charge is 2.83. The number of carboxylic acid groups (broad SMARTS) is 1. The van der Waals surface area contributed by atoms with Gasteiger partial charge in [0.15, 0.2) is 6.10 Å². The minimum Gasteiger partial charge on any atom is -0.479 e. The summed E-state index contributed by atoms with van der Waals surface area (Å²) in [6, 6.07) is 2.72. The van der Waals surface area contributed by atoms with Crippen LogP contribution in [0, 0.1) is 16.7 Å². The first kappa shape index (κ1) is 70.7. The molecule has 3 saturated heterocycles. The van der Waals surface area contributed by atoms with Crippen LogP contribution >= 0.6 is 0 Å². The molecule has 0 aromatic heterocycles. The largest absolute Gasteiger partial charge is 0.479 e. The minimum absolute atomic E-state index is 0.0503. The fourth-order valence-corrected chi connectivity index (χ4v) is 11.4. The molecule has 1 aromatic rings. The van der Waals surface area contributed by atoms with Gasteiger partial charge < -0.3 is 113 Å². The van der Waals surface area contributed by atoms with Crippen LogP contribution in [0.5, 0.6) is 5.75 Å². The molecule has 4 fully saturated rings. The number of amides is 2. The molecule has 4 aliphatic heterocycles. The number of benzene rings is 1. The number of carboxylic acids is 1. The summed E-state index contributed by atoms with van der Waals surface area (Å²) >= 11 is 0. The highest BCUT2D eigenvalue weighted by molar-refractivity contribution is 5.92. The van der Waals surface area contributed by atoms with Gasteiger partial charge in [-0.15, -0.1) is 0 Å². The van der Waals surface area contributed by atoms with Crippen molar-refractivity contribution < 1.29 is 125 Å². The second kappa shape index (κ2) is 35.2. The number of hydrogen-bond donors (Lipinski definition) is 7. The first-order valence-corrected chi connectivity index (χ1v) is 30.1. The number of anilines is 1. The van der Waals surface area contributed by atoms with Gasteiger partial charge >= 0.3 is 30.0 Å². The zero-order valence-corrected chi connectivity index (χ0v) is 50.6. The van der Waals surface area contributed by atoms with Gasteiger partial charge in [0.25, 0.3) is 0 Å². The molecule has 13 atom stereocenters. The predicted molar refractivity (Wildman–Crippen MR) is 307 cm³/mol. The molecule has 7 rings (SSSR count). The van der Waals surface area contributed by atoms with Gasteiger partial charge in [0, 0.05) is 30.5 Å². The number of epoxide rings is 1. The van der Waals surface area contributed by atoms with Gasteiger partial charge in [0.2, 0.25) is 12.2 Å². The van der Waals surface area contributed by atoms with E-state index in [4.69, 9.17) is 81.5 Å². The molecular formula is C60H87N3O26. The third-order valence-corrected chi connectivity index (χ3v) is 16.5. The number of cyclic esters (lactones) is 2. The van der Waals surface area contributed by atoms with Gasteiger partial charge in [-0.25, -0.2) is 24.0 Å². The van der Waals surface area contributed by atoms with Crippen molar-refractivity contribution in [2.24, 2.45) is 22.5 Å². The van der Waals surface area contributed by atoms with Crippen LogP contribution in [0.1, 0.15) is 58.4 Å². The van der Waals surface area contributed by atoms with Crippen molar-refractivity contribution in [2.45, 2.75) is 120 Å². The summed E-state index contributed by atoms with van der Waals surface area (Å²) in [4.78, 5) is 79.5. The van der Waals surface area contributed by atoms with Gasteiger partial charge in [0.05, 0.1) is 149 Å². The lowest BCUT2D eigenvalue weighted by molar-refractivity contribution is -0.271. The van der Waals surface area contributed by atoms with Crippen LogP contribution < -0.4 is 21.1 Å². The van der Waals surface area contributed by atoms with Crippen LogP contribution in [-0.4, -0.2) is 249 Å². The average molecular weight is 1270 g/mol. The Hall–Kier alpha value is -5.74. The predicted octanol–water partition coefficient (Wildman–Crippen LogP) is 0.796. The third-order valence-electron chi connectivity index (χ3n) is 16.5. The fraction of sp³-hybridized carbons (Fsp3) is 0.700. The van der Waals surface area contributed by atoms with Crippen LogP contribution in [-0.2, 0) is 102 Å². The van der Waals surface area contributed by atoms with E-state index in [9.17, 15) is 49.2 Å². The molecule has 6 aliphatic rings. The summed E-state index contributed by atoms with van der Waals surface area (Å²) in [6.45, 7) is 11.3. The number of esters is 3. The molecule has 2 amide bonds. The van der Waals surface area contributed by atoms with Crippen LogP contribution in [0.25, 0.3) is 0 Å². The number of carbonyl (C=O) groups excluding carboxylic acids is 5. The van der Waals surface area contributed by atoms with Crippen molar-refractivity contribution in [3.8, 4) is 5.75 Å². The number of nitrogens with one attached hydrogen (secondary N) is 2. The van der Waals surface area contributed by atoms with E-state index in [1.54, 1.807) is 6.92 Å².